The molecule has 6 heteroatoms. The predicted octanol–water partition coefficient (Wildman–Crippen LogP) is 3.87. The van der Waals surface area contributed by atoms with Crippen molar-refractivity contribution in [3.05, 3.63) is 59.7 Å². The fourth-order valence-electron chi connectivity index (χ4n) is 4.47. The summed E-state index contributed by atoms with van der Waals surface area (Å²) in [5, 5.41) is 2.90. The number of carbonyl (C=O) groups excluding carboxylic acids is 3. The van der Waals surface area contributed by atoms with Gasteiger partial charge in [0.25, 0.3) is 5.91 Å². The molecule has 2 unspecified atom stereocenters. The van der Waals surface area contributed by atoms with Crippen molar-refractivity contribution >= 4 is 29.1 Å². The van der Waals surface area contributed by atoms with Gasteiger partial charge in [-0.2, -0.15) is 0 Å². The minimum Gasteiger partial charge on any atom is -0.342 e. The molecule has 0 bridgehead atoms. The Morgan fingerprint density at radius 1 is 1.06 bits per heavy atom. The fraction of sp³-hybridized carbons (Fsp3) is 0.400. The number of benzene rings is 2. The Morgan fingerprint density at radius 3 is 2.55 bits per heavy atom. The number of rotatable bonds is 6. The van der Waals surface area contributed by atoms with Crippen LogP contribution in [0.2, 0.25) is 0 Å². The van der Waals surface area contributed by atoms with Crippen LogP contribution in [0.15, 0.2) is 48.5 Å². The third-order valence-corrected chi connectivity index (χ3v) is 6.19. The van der Waals surface area contributed by atoms with E-state index < -0.39 is 0 Å². The maximum absolute atomic E-state index is 13.1. The molecule has 6 nitrogen and oxygen atoms in total. The van der Waals surface area contributed by atoms with Crippen molar-refractivity contribution in [1.29, 1.82) is 0 Å². The van der Waals surface area contributed by atoms with Crippen molar-refractivity contribution < 1.29 is 14.4 Å². The summed E-state index contributed by atoms with van der Waals surface area (Å²) in [6, 6.07) is 15.1. The van der Waals surface area contributed by atoms with Crippen LogP contribution in [0.3, 0.4) is 0 Å². The second kappa shape index (κ2) is 8.92. The predicted molar refractivity (Wildman–Crippen MR) is 121 cm³/mol. The van der Waals surface area contributed by atoms with Crippen molar-refractivity contribution in [2.24, 2.45) is 5.92 Å². The van der Waals surface area contributed by atoms with E-state index in [4.69, 9.17) is 0 Å². The van der Waals surface area contributed by atoms with Gasteiger partial charge in [0.1, 0.15) is 0 Å². The molecule has 31 heavy (non-hydrogen) atoms. The maximum Gasteiger partial charge on any atom is 0.258 e. The van der Waals surface area contributed by atoms with Crippen molar-refractivity contribution in [3.8, 4) is 0 Å². The maximum atomic E-state index is 13.1. The van der Waals surface area contributed by atoms with Gasteiger partial charge in [0.15, 0.2) is 0 Å². The Hall–Kier alpha value is -3.15. The zero-order chi connectivity index (χ0) is 22.0. The summed E-state index contributed by atoms with van der Waals surface area (Å²) in [7, 11) is 0. The van der Waals surface area contributed by atoms with E-state index >= 15 is 0 Å². The lowest BCUT2D eigenvalue weighted by atomic mass is 10.1. The minimum atomic E-state index is -0.326. The summed E-state index contributed by atoms with van der Waals surface area (Å²) in [5.41, 5.74) is 3.38. The van der Waals surface area contributed by atoms with Crippen LogP contribution in [0.1, 0.15) is 49.0 Å². The van der Waals surface area contributed by atoms with Crippen LogP contribution in [0, 0.1) is 5.92 Å². The van der Waals surface area contributed by atoms with E-state index in [1.54, 1.807) is 29.2 Å². The number of fused-ring (bicyclic) bond motifs is 1. The van der Waals surface area contributed by atoms with Crippen LogP contribution in [-0.2, 0) is 16.0 Å². The van der Waals surface area contributed by atoms with Gasteiger partial charge in [-0.1, -0.05) is 31.5 Å². The molecule has 4 rings (SSSR count). The molecule has 1 N–H and O–H groups in total. The standard InChI is InChI=1S/C25H29N3O3/c1-3-4-13-27-16-20(15-23(27)29)24(30)26-21-11-9-18(10-12-21)25(31)28-17(2)14-19-7-5-6-8-22(19)28/h5-12,17,20H,3-4,13-16H2,1-2H3,(H,26,30). The average molecular weight is 420 g/mol. The summed E-state index contributed by atoms with van der Waals surface area (Å²) in [4.78, 5) is 41.5. The van der Waals surface area contributed by atoms with Gasteiger partial charge in [0.05, 0.1) is 5.92 Å². The highest BCUT2D eigenvalue weighted by Crippen LogP contribution is 2.33. The third kappa shape index (κ3) is 4.33. The smallest absolute Gasteiger partial charge is 0.258 e. The highest BCUT2D eigenvalue weighted by molar-refractivity contribution is 6.08. The Morgan fingerprint density at radius 2 is 1.81 bits per heavy atom. The topological polar surface area (TPSA) is 69.7 Å². The molecule has 2 atom stereocenters. The molecule has 3 amide bonds. The van der Waals surface area contributed by atoms with Gasteiger partial charge in [-0.15, -0.1) is 0 Å². The number of nitrogens with zero attached hydrogens (tertiary/aromatic N) is 2. The Balaban J connectivity index is 1.39. The summed E-state index contributed by atoms with van der Waals surface area (Å²) >= 11 is 0. The first-order chi connectivity index (χ1) is 15.0. The number of unbranched alkanes of at least 4 members (excludes halogenated alkanes) is 1. The molecular weight excluding hydrogens is 390 g/mol. The molecular formula is C25H29N3O3. The molecule has 2 aliphatic rings. The van der Waals surface area contributed by atoms with Gasteiger partial charge in [-0.25, -0.2) is 0 Å². The number of para-hydroxylation sites is 1. The molecule has 0 saturated carbocycles. The van der Waals surface area contributed by atoms with E-state index in [1.807, 2.05) is 23.1 Å². The SMILES string of the molecule is CCCCN1CC(C(=O)Nc2ccc(C(=O)N3c4ccccc4CC3C)cc2)CC1=O. The molecule has 0 aromatic heterocycles. The fourth-order valence-corrected chi connectivity index (χ4v) is 4.47. The lowest BCUT2D eigenvalue weighted by Crippen LogP contribution is -2.35. The first kappa shape index (κ1) is 21.1. The number of likely N-dealkylation sites (tertiary alicyclic amines) is 1. The second-order valence-electron chi connectivity index (χ2n) is 8.52. The number of carbonyl (C=O) groups is 3. The zero-order valence-corrected chi connectivity index (χ0v) is 18.1. The molecule has 1 saturated heterocycles. The van der Waals surface area contributed by atoms with Crippen LogP contribution in [0.25, 0.3) is 0 Å². The molecule has 0 aliphatic carbocycles. The first-order valence-electron chi connectivity index (χ1n) is 11.1. The van der Waals surface area contributed by atoms with Gasteiger partial charge >= 0.3 is 0 Å². The summed E-state index contributed by atoms with van der Waals surface area (Å²) in [6.07, 6.45) is 3.09. The minimum absolute atomic E-state index is 0.0386. The zero-order valence-electron chi connectivity index (χ0n) is 18.1. The van der Waals surface area contributed by atoms with Gasteiger partial charge in [-0.3, -0.25) is 14.4 Å². The number of anilines is 2. The van der Waals surface area contributed by atoms with E-state index in [1.165, 1.54) is 5.56 Å². The van der Waals surface area contributed by atoms with Crippen LogP contribution in [-0.4, -0.2) is 41.8 Å². The Labute approximate surface area is 183 Å². The van der Waals surface area contributed by atoms with E-state index in [-0.39, 0.29) is 36.1 Å². The molecule has 2 aliphatic heterocycles. The molecule has 162 valence electrons. The summed E-state index contributed by atoms with van der Waals surface area (Å²) in [6.45, 7) is 5.34. The molecule has 2 heterocycles. The van der Waals surface area contributed by atoms with Gasteiger partial charge < -0.3 is 15.1 Å². The largest absolute Gasteiger partial charge is 0.342 e. The Bertz CT molecular complexity index is 986. The number of hydrogen-bond donors (Lipinski definition) is 1. The van der Waals surface area contributed by atoms with Crippen LogP contribution < -0.4 is 10.2 Å². The van der Waals surface area contributed by atoms with Crippen molar-refractivity contribution in [1.82, 2.24) is 4.90 Å². The summed E-state index contributed by atoms with van der Waals surface area (Å²) in [5.74, 6) is -0.459. The number of nitrogens with one attached hydrogen (secondary N) is 1. The summed E-state index contributed by atoms with van der Waals surface area (Å²) < 4.78 is 0. The monoisotopic (exact) mass is 419 g/mol. The lowest BCUT2D eigenvalue weighted by molar-refractivity contribution is -0.128. The molecule has 0 spiro atoms. The molecule has 1 fully saturated rings. The van der Waals surface area contributed by atoms with Gasteiger partial charge in [-0.05, 0) is 55.7 Å². The molecule has 2 aromatic rings. The van der Waals surface area contributed by atoms with E-state index in [9.17, 15) is 14.4 Å². The van der Waals surface area contributed by atoms with Gasteiger partial charge in [0, 0.05) is 42.5 Å². The van der Waals surface area contributed by atoms with Crippen LogP contribution >= 0.6 is 0 Å². The third-order valence-electron chi connectivity index (χ3n) is 6.19. The molecule has 0 radical (unpaired) electrons. The van der Waals surface area contributed by atoms with Crippen molar-refractivity contribution in [3.63, 3.8) is 0 Å². The second-order valence-corrected chi connectivity index (χ2v) is 8.52. The van der Waals surface area contributed by atoms with Crippen LogP contribution in [0.5, 0.6) is 0 Å². The highest BCUT2D eigenvalue weighted by Gasteiger charge is 2.34. The normalized spacial score (nSPS) is 20.1. The highest BCUT2D eigenvalue weighted by atomic mass is 16.2. The van der Waals surface area contributed by atoms with E-state index in [0.29, 0.717) is 24.3 Å². The van der Waals surface area contributed by atoms with Gasteiger partial charge in [0.2, 0.25) is 11.8 Å². The van der Waals surface area contributed by atoms with Crippen molar-refractivity contribution in [2.45, 2.75) is 45.6 Å². The average Bonchev–Trinajstić information content (AvgIpc) is 3.31. The lowest BCUT2D eigenvalue weighted by Gasteiger charge is -2.23. The van der Waals surface area contributed by atoms with Crippen molar-refractivity contribution in [2.75, 3.05) is 23.3 Å². The Kier molecular flexibility index (Phi) is 6.07. The quantitative estimate of drug-likeness (QED) is 0.773. The first-order valence-corrected chi connectivity index (χ1v) is 11.1. The van der Waals surface area contributed by atoms with Crippen LogP contribution in [0.4, 0.5) is 11.4 Å². The number of amides is 3. The number of hydrogen-bond acceptors (Lipinski definition) is 3. The van der Waals surface area contributed by atoms with E-state index in [2.05, 4.69) is 25.2 Å². The van der Waals surface area contributed by atoms with E-state index in [0.717, 1.165) is 24.9 Å². The molecule has 2 aromatic carbocycles.